The van der Waals surface area contributed by atoms with Gasteiger partial charge in [0.1, 0.15) is 13.2 Å². The molecule has 1 saturated carbocycles. The fourth-order valence-corrected chi connectivity index (χ4v) is 7.48. The highest BCUT2D eigenvalue weighted by Gasteiger charge is 2.43. The van der Waals surface area contributed by atoms with E-state index >= 15 is 0 Å². The predicted octanol–water partition coefficient (Wildman–Crippen LogP) is 3.29. The number of hydrogen-bond acceptors (Lipinski definition) is 8. The van der Waals surface area contributed by atoms with Gasteiger partial charge in [-0.1, -0.05) is 52.5 Å². The second-order valence-corrected chi connectivity index (χ2v) is 15.3. The van der Waals surface area contributed by atoms with Gasteiger partial charge in [0.25, 0.3) is 6.73 Å². The molecular formula is C39H65N4O8+. The largest absolute Gasteiger partial charge is 0.550 e. The van der Waals surface area contributed by atoms with Crippen LogP contribution in [0.1, 0.15) is 105 Å². The molecule has 51 heavy (non-hydrogen) atoms. The van der Waals surface area contributed by atoms with E-state index < -0.39 is 53.4 Å². The molecule has 7 unspecified atom stereocenters. The van der Waals surface area contributed by atoms with Crippen LogP contribution in [0, 0.1) is 35.5 Å². The number of nitrogens with zero attached hydrogens (tertiary/aromatic N) is 2. The average Bonchev–Trinajstić information content (AvgIpc) is 3.45. The molecule has 12 nitrogen and oxygen atoms in total. The van der Waals surface area contributed by atoms with Crippen LogP contribution in [0.2, 0.25) is 0 Å². The monoisotopic (exact) mass is 717 g/mol. The van der Waals surface area contributed by atoms with Crippen LogP contribution < -0.4 is 20.7 Å². The first kappa shape index (κ1) is 43.6. The number of nitrogens with one attached hydrogen (secondary N) is 1. The van der Waals surface area contributed by atoms with Crippen LogP contribution >= 0.6 is 0 Å². The maximum atomic E-state index is 13.7. The second-order valence-electron chi connectivity index (χ2n) is 15.3. The van der Waals surface area contributed by atoms with E-state index in [0.29, 0.717) is 25.8 Å². The molecule has 0 radical (unpaired) electrons. The van der Waals surface area contributed by atoms with Crippen molar-refractivity contribution in [3.63, 3.8) is 0 Å². The minimum Gasteiger partial charge on any atom is -0.550 e. The van der Waals surface area contributed by atoms with Gasteiger partial charge in [0, 0.05) is 42.9 Å². The van der Waals surface area contributed by atoms with Gasteiger partial charge in [0.2, 0.25) is 11.8 Å². The molecule has 1 aliphatic rings. The molecule has 2 rings (SSSR count). The summed E-state index contributed by atoms with van der Waals surface area (Å²) < 4.78 is 13.9. The van der Waals surface area contributed by atoms with Gasteiger partial charge in [-0.15, -0.1) is 0 Å². The molecule has 2 amide bonds. The number of pyridine rings is 1. The number of carboxylic acids is 1. The zero-order valence-electron chi connectivity index (χ0n) is 32.0. The molecule has 0 aliphatic heterocycles. The summed E-state index contributed by atoms with van der Waals surface area (Å²) in [6, 6.07) is 5.17. The fraction of sp³-hybridized carbons (Fsp3) is 0.744. The van der Waals surface area contributed by atoms with Crippen LogP contribution in [0.5, 0.6) is 0 Å². The molecule has 1 aromatic heterocycles. The van der Waals surface area contributed by atoms with Crippen molar-refractivity contribution in [2.45, 2.75) is 118 Å². The van der Waals surface area contributed by atoms with Crippen molar-refractivity contribution in [2.24, 2.45) is 41.2 Å². The van der Waals surface area contributed by atoms with Gasteiger partial charge in [0.05, 0.1) is 32.5 Å². The first-order valence-electron chi connectivity index (χ1n) is 19.0. The lowest BCUT2D eigenvalue weighted by molar-refractivity contribution is -0.890. The Labute approximate surface area is 305 Å². The quantitative estimate of drug-likeness (QED) is 0.0673. The maximum absolute atomic E-state index is 13.7. The number of primary amides is 1. The molecule has 12 heteroatoms. The van der Waals surface area contributed by atoms with Crippen LogP contribution in [0.15, 0.2) is 30.6 Å². The highest BCUT2D eigenvalue weighted by Crippen LogP contribution is 2.44. The van der Waals surface area contributed by atoms with Crippen LogP contribution in [0.25, 0.3) is 0 Å². The lowest BCUT2D eigenvalue weighted by Gasteiger charge is -2.33. The summed E-state index contributed by atoms with van der Waals surface area (Å²) in [7, 11) is 4.27. The zero-order chi connectivity index (χ0) is 38.0. The summed E-state index contributed by atoms with van der Waals surface area (Å²) in [5.74, 6) is -6.87. The lowest BCUT2D eigenvalue weighted by Crippen LogP contribution is -2.43. The zero-order valence-corrected chi connectivity index (χ0v) is 32.0. The number of carboxylic acid groups (broad SMARTS) is 1. The molecule has 3 N–H and O–H groups in total. The van der Waals surface area contributed by atoms with Crippen molar-refractivity contribution in [1.29, 1.82) is 0 Å². The number of likely N-dealkylation sites (N-methyl/N-ethyl adjacent to an activating group) is 1. The number of hydrogen-bond donors (Lipinski definition) is 2. The number of ether oxygens (including phenoxy) is 2. The molecule has 1 fully saturated rings. The Kier molecular flexibility index (Phi) is 19.2. The number of carbonyl (C=O) groups excluding carboxylic acids is 5. The number of nitrogens with two attached hydrogens (primary N) is 1. The van der Waals surface area contributed by atoms with Gasteiger partial charge in [-0.2, -0.15) is 4.57 Å². The summed E-state index contributed by atoms with van der Waals surface area (Å²) in [6.45, 7) is 9.04. The van der Waals surface area contributed by atoms with E-state index in [4.69, 9.17) is 15.2 Å². The molecular weight excluding hydrogens is 652 g/mol. The summed E-state index contributed by atoms with van der Waals surface area (Å²) in [4.78, 5) is 63.7. The summed E-state index contributed by atoms with van der Waals surface area (Å²) in [5, 5.41) is 15.5. The highest BCUT2D eigenvalue weighted by atomic mass is 16.5. The first-order chi connectivity index (χ1) is 24.2. The highest BCUT2D eigenvalue weighted by molar-refractivity contribution is 5.78. The standard InChI is InChI=1S/C39H64N4O8/c1-7-9-10-11-12-16-19-43(5,6)20-21-50-38(48)28(3)22-32(39(49)51-27-42-17-14-13-15-18-42)23-31-24-33(41-29(4)44)26-34(31)35(37(46)47)25-30(8-2)36(40)45/h13-15,17-18,28,30-35H,7-12,16,19-27H2,1-6H3,(H2-2,40,41,44,45,46,47)/p+1. The van der Waals surface area contributed by atoms with Crippen LogP contribution in [0.4, 0.5) is 0 Å². The van der Waals surface area contributed by atoms with Gasteiger partial charge < -0.3 is 34.9 Å². The van der Waals surface area contributed by atoms with E-state index in [2.05, 4.69) is 26.3 Å². The summed E-state index contributed by atoms with van der Waals surface area (Å²) in [5.41, 5.74) is 5.59. The summed E-state index contributed by atoms with van der Waals surface area (Å²) >= 11 is 0. The molecule has 0 saturated heterocycles. The number of unbranched alkanes of at least 4 members (excludes halogenated alkanes) is 5. The number of aromatic nitrogens is 1. The predicted molar refractivity (Wildman–Crippen MR) is 191 cm³/mol. The minimum absolute atomic E-state index is 0.0122. The summed E-state index contributed by atoms with van der Waals surface area (Å²) in [6.07, 6.45) is 12.4. The van der Waals surface area contributed by atoms with Gasteiger partial charge in [-0.25, -0.2) is 0 Å². The number of rotatable bonds is 25. The number of amides is 2. The minimum atomic E-state index is -1.29. The van der Waals surface area contributed by atoms with Crippen molar-refractivity contribution in [3.8, 4) is 0 Å². The average molecular weight is 718 g/mol. The van der Waals surface area contributed by atoms with Crippen LogP contribution in [0.3, 0.4) is 0 Å². The van der Waals surface area contributed by atoms with E-state index in [9.17, 15) is 29.1 Å². The Hall–Kier alpha value is -3.54. The molecule has 0 spiro atoms. The third-order valence-electron chi connectivity index (χ3n) is 10.6. The van der Waals surface area contributed by atoms with Crippen LogP contribution in [-0.2, 0) is 40.2 Å². The Bertz CT molecular complexity index is 1240. The van der Waals surface area contributed by atoms with Gasteiger partial charge >= 0.3 is 11.9 Å². The SMILES string of the molecule is CCCCCCCC[N+](C)(C)CCOC(=O)C(C)CC(CC1CC(NC(C)=O)CC1C(CC(CC)C(N)=O)C(=O)[O-])C(=O)OC[n+]1ccccc1. The molecule has 7 atom stereocenters. The van der Waals surface area contributed by atoms with Crippen molar-refractivity contribution in [3.05, 3.63) is 30.6 Å². The Morgan fingerprint density at radius 1 is 0.902 bits per heavy atom. The smallest absolute Gasteiger partial charge is 0.313 e. The van der Waals surface area contributed by atoms with E-state index in [0.717, 1.165) is 17.4 Å². The van der Waals surface area contributed by atoms with Crippen molar-refractivity contribution < 1.29 is 47.6 Å². The lowest BCUT2D eigenvalue weighted by atomic mass is 9.74. The van der Waals surface area contributed by atoms with E-state index in [1.54, 1.807) is 30.8 Å². The van der Waals surface area contributed by atoms with Gasteiger partial charge in [0.15, 0.2) is 12.4 Å². The van der Waals surface area contributed by atoms with Gasteiger partial charge in [-0.3, -0.25) is 19.2 Å². The molecule has 1 heterocycles. The third-order valence-corrected chi connectivity index (χ3v) is 10.6. The number of quaternary nitrogens is 1. The first-order valence-corrected chi connectivity index (χ1v) is 19.0. The Morgan fingerprint density at radius 2 is 1.57 bits per heavy atom. The normalized spacial score (nSPS) is 19.8. The van der Waals surface area contributed by atoms with Crippen molar-refractivity contribution in [2.75, 3.05) is 33.8 Å². The Morgan fingerprint density at radius 3 is 2.18 bits per heavy atom. The number of esters is 2. The van der Waals surface area contributed by atoms with E-state index in [1.165, 1.54) is 39.0 Å². The molecule has 0 bridgehead atoms. The Balaban J connectivity index is 2.19. The van der Waals surface area contributed by atoms with Crippen molar-refractivity contribution >= 4 is 29.7 Å². The van der Waals surface area contributed by atoms with Gasteiger partial charge in [-0.05, 0) is 63.2 Å². The molecule has 1 aromatic rings. The van der Waals surface area contributed by atoms with Crippen molar-refractivity contribution in [1.82, 2.24) is 5.32 Å². The van der Waals surface area contributed by atoms with E-state index in [-0.39, 0.29) is 50.5 Å². The topological polar surface area (TPSA) is 169 Å². The maximum Gasteiger partial charge on any atom is 0.313 e. The molecule has 288 valence electrons. The number of aliphatic carboxylic acids is 1. The van der Waals surface area contributed by atoms with E-state index in [1.807, 2.05) is 18.2 Å². The third kappa shape index (κ3) is 16.1. The second kappa shape index (κ2) is 22.4. The molecule has 0 aromatic carbocycles. The molecule has 1 aliphatic carbocycles. The number of carbonyl (C=O) groups is 5. The fourth-order valence-electron chi connectivity index (χ4n) is 7.48. The van der Waals surface area contributed by atoms with Crippen LogP contribution in [-0.4, -0.2) is 74.0 Å².